The molecule has 0 aliphatic rings. The maximum atomic E-state index is 3.25. The summed E-state index contributed by atoms with van der Waals surface area (Å²) in [7, 11) is 0. The summed E-state index contributed by atoms with van der Waals surface area (Å²) in [5.74, 6) is 0. The van der Waals surface area contributed by atoms with E-state index in [1.54, 1.807) is 6.92 Å². The van der Waals surface area contributed by atoms with Crippen LogP contribution in [0.2, 0.25) is 0 Å². The first kappa shape index (κ1) is 1390. The Morgan fingerprint density at radius 1 is 0.333 bits per heavy atom. The molecule has 0 fully saturated rings. The van der Waals surface area contributed by atoms with Gasteiger partial charge in [0.05, 0.1) is 0 Å². The Bertz CT molecular complexity index is 11.5. The minimum atomic E-state index is 0. The first-order chi connectivity index (χ1) is 1.00. The Morgan fingerprint density at radius 3 is 0.333 bits per heavy atom. The zero-order chi connectivity index (χ0) is 2.00. The molecule has 0 bridgehead atoms. The van der Waals surface area contributed by atoms with E-state index in [0.29, 0.717) is 0 Å². The molecule has 0 heterocycles. The molecule has 0 aromatic heterocycles. The van der Waals surface area contributed by atoms with Crippen molar-refractivity contribution in [1.82, 2.24) is 0 Å². The second-order valence-electron chi connectivity index (χ2n) is 0. The second kappa shape index (κ2) is 2930. The standard InChI is InChI=1S/C2H5.15CH4.2CH3.W.Y/c1-2;;;;;;;;;;;;;;;;;;;/h1H2,2H3;15*1H4;2*1H3;;/q-1;;;;;;;;;;;;;;;;2*-1;;. The zero-order valence-electron chi connectivity index (χ0n) is 4.69. The van der Waals surface area contributed by atoms with Gasteiger partial charge < -0.3 is 21.8 Å². The molecule has 0 atom stereocenters. The van der Waals surface area contributed by atoms with Crippen LogP contribution < -0.4 is 0 Å². The molecule has 0 aliphatic carbocycles. The van der Waals surface area contributed by atoms with Crippen LogP contribution in [0.5, 0.6) is 0 Å². The molecular weight excluding hydrogens is 501 g/mol. The van der Waals surface area contributed by atoms with Crippen LogP contribution >= 0.6 is 0 Å². The summed E-state index contributed by atoms with van der Waals surface area (Å²) in [4.78, 5) is 0. The fourth-order valence-electron chi connectivity index (χ4n) is 0. The van der Waals surface area contributed by atoms with Crippen molar-refractivity contribution in [2.75, 3.05) is 0 Å². The first-order valence-corrected chi connectivity index (χ1v) is 0.707. The Balaban J connectivity index is -0.0000000000292. The van der Waals surface area contributed by atoms with Crippen molar-refractivity contribution in [3.63, 3.8) is 0 Å². The average molecular weight is 573 g/mol. The molecule has 159 valence electrons. The molecule has 21 heavy (non-hydrogen) atoms. The smallest absolute Gasteiger partial charge is 0 e. The van der Waals surface area contributed by atoms with Gasteiger partial charge in [-0.1, -0.05) is 111 Å². The number of rotatable bonds is 0. The minimum Gasteiger partial charge on any atom is -0.358 e. The van der Waals surface area contributed by atoms with Crippen molar-refractivity contribution in [2.45, 2.75) is 118 Å². The van der Waals surface area contributed by atoms with E-state index in [2.05, 4.69) is 6.92 Å². The quantitative estimate of drug-likeness (QED) is 0.253. The maximum absolute atomic E-state index is 3.25. The van der Waals surface area contributed by atoms with E-state index in [9.17, 15) is 0 Å². The predicted molar refractivity (Wildman–Crippen MR) is 125 cm³/mol. The van der Waals surface area contributed by atoms with Crippen molar-refractivity contribution in [3.8, 4) is 0 Å². The van der Waals surface area contributed by atoms with Crippen molar-refractivity contribution in [1.29, 1.82) is 0 Å². The maximum Gasteiger partial charge on any atom is 0 e. The second-order valence-corrected chi connectivity index (χ2v) is 0. The van der Waals surface area contributed by atoms with Gasteiger partial charge in [-0.3, -0.25) is 0 Å². The monoisotopic (exact) mass is 572 g/mol. The van der Waals surface area contributed by atoms with Gasteiger partial charge in [0, 0.05) is 53.8 Å². The van der Waals surface area contributed by atoms with Crippen LogP contribution in [0.1, 0.15) is 118 Å². The van der Waals surface area contributed by atoms with Crippen LogP contribution in [0.15, 0.2) is 0 Å². The van der Waals surface area contributed by atoms with Gasteiger partial charge >= 0.3 is 0 Å². The van der Waals surface area contributed by atoms with Crippen molar-refractivity contribution >= 4 is 0 Å². The fraction of sp³-hybridized carbons (Fsp3) is 0.842. The molecule has 0 rings (SSSR count). The Morgan fingerprint density at radius 2 is 0.333 bits per heavy atom. The van der Waals surface area contributed by atoms with Gasteiger partial charge in [-0.05, 0) is 0 Å². The van der Waals surface area contributed by atoms with Crippen molar-refractivity contribution < 1.29 is 53.8 Å². The third-order valence-corrected chi connectivity index (χ3v) is 0. The summed E-state index contributed by atoms with van der Waals surface area (Å²) in [5.41, 5.74) is 0. The van der Waals surface area contributed by atoms with Crippen molar-refractivity contribution in [2.24, 2.45) is 0 Å². The number of hydrogen-bond acceptors (Lipinski definition) is 0. The van der Waals surface area contributed by atoms with Crippen LogP contribution in [0.25, 0.3) is 0 Å². The molecule has 0 unspecified atom stereocenters. The Hall–Kier alpha value is 1.79. The molecule has 1 radical (unpaired) electrons. The van der Waals surface area contributed by atoms with Crippen LogP contribution in [0.3, 0.4) is 0 Å². The Labute approximate surface area is 192 Å². The van der Waals surface area contributed by atoms with Gasteiger partial charge in [-0.25, -0.2) is 0 Å². The van der Waals surface area contributed by atoms with Gasteiger partial charge in [-0.2, -0.15) is 6.92 Å². The molecule has 0 aromatic carbocycles. The molecule has 0 aliphatic heterocycles. The summed E-state index contributed by atoms with van der Waals surface area (Å²) >= 11 is 0. The molecular formula is C19H71WY-3. The molecule has 2 heteroatoms. The van der Waals surface area contributed by atoms with Crippen LogP contribution in [-0.4, -0.2) is 0 Å². The zero-order valence-corrected chi connectivity index (χ0v) is 10.5. The molecule has 0 N–H and O–H groups in total. The largest absolute Gasteiger partial charge is 0.358 e. The molecule has 0 spiro atoms. The third-order valence-electron chi connectivity index (χ3n) is 0. The van der Waals surface area contributed by atoms with Crippen LogP contribution in [0, 0.1) is 21.8 Å². The first-order valence-electron chi connectivity index (χ1n) is 0.707. The molecule has 0 aromatic rings. The van der Waals surface area contributed by atoms with E-state index in [1.165, 1.54) is 0 Å². The summed E-state index contributed by atoms with van der Waals surface area (Å²) in [6.45, 7) is 5.00. The van der Waals surface area contributed by atoms with E-state index in [0.717, 1.165) is 0 Å². The SMILES string of the molecule is C.C.C.C.C.C.C.C.C.C.C.C.C.C.C.[CH2-]C.[CH3-].[CH3-].[W].[Y]. The van der Waals surface area contributed by atoms with Gasteiger partial charge in [-0.15, -0.1) is 0 Å². The summed E-state index contributed by atoms with van der Waals surface area (Å²) in [6.07, 6.45) is 0. The Kier molecular flexibility index (Phi) is 194000. The van der Waals surface area contributed by atoms with E-state index in [1.807, 2.05) is 0 Å². The summed E-state index contributed by atoms with van der Waals surface area (Å²) in [6, 6.07) is 0. The van der Waals surface area contributed by atoms with E-state index < -0.39 is 0 Å². The van der Waals surface area contributed by atoms with Crippen LogP contribution in [0.4, 0.5) is 0 Å². The van der Waals surface area contributed by atoms with E-state index >= 15 is 0 Å². The molecule has 0 nitrogen and oxygen atoms in total. The topological polar surface area (TPSA) is 0 Å². The van der Waals surface area contributed by atoms with Gasteiger partial charge in [0.15, 0.2) is 0 Å². The summed E-state index contributed by atoms with van der Waals surface area (Å²) < 4.78 is 0. The van der Waals surface area contributed by atoms with Gasteiger partial charge in [0.2, 0.25) is 0 Å². The van der Waals surface area contributed by atoms with E-state index in [4.69, 9.17) is 0 Å². The van der Waals surface area contributed by atoms with E-state index in [-0.39, 0.29) is 180 Å². The van der Waals surface area contributed by atoms with Gasteiger partial charge in [0.1, 0.15) is 0 Å². The normalized spacial score (nSPS) is 0.286. The van der Waals surface area contributed by atoms with Crippen molar-refractivity contribution in [3.05, 3.63) is 21.8 Å². The molecule has 0 saturated heterocycles. The number of hydrogen-bond donors (Lipinski definition) is 0. The fourth-order valence-corrected chi connectivity index (χ4v) is 0. The third kappa shape index (κ3) is 2660. The molecule has 0 amide bonds. The predicted octanol–water partition coefficient (Wildman–Crippen LogP) is 11.3. The van der Waals surface area contributed by atoms with Gasteiger partial charge in [0.25, 0.3) is 0 Å². The molecule has 0 saturated carbocycles. The minimum absolute atomic E-state index is 0. The summed E-state index contributed by atoms with van der Waals surface area (Å²) in [5, 5.41) is 0. The average Bonchev–Trinajstić information content (AvgIpc) is 1.00. The van der Waals surface area contributed by atoms with Crippen LogP contribution in [-0.2, 0) is 53.8 Å².